The second kappa shape index (κ2) is 7.99. The van der Waals surface area contributed by atoms with Crippen LogP contribution in [0.2, 0.25) is 0 Å². The predicted molar refractivity (Wildman–Crippen MR) is 107 cm³/mol. The normalized spacial score (nSPS) is 16.8. The summed E-state index contributed by atoms with van der Waals surface area (Å²) in [6, 6.07) is 7.73. The van der Waals surface area contributed by atoms with Crippen molar-refractivity contribution in [1.82, 2.24) is 4.90 Å². The van der Waals surface area contributed by atoms with E-state index < -0.39 is 9.84 Å². The van der Waals surface area contributed by atoms with Crippen LogP contribution in [0, 0.1) is 5.92 Å². The summed E-state index contributed by atoms with van der Waals surface area (Å²) in [4.78, 5) is 14.2. The van der Waals surface area contributed by atoms with Gasteiger partial charge in [0.1, 0.15) is 0 Å². The van der Waals surface area contributed by atoms with Crippen molar-refractivity contribution in [3.05, 3.63) is 29.8 Å². The van der Waals surface area contributed by atoms with Crippen LogP contribution in [0.3, 0.4) is 0 Å². The summed E-state index contributed by atoms with van der Waals surface area (Å²) in [6.45, 7) is 11.3. The standard InChI is InChI=1S/C20H32N2O3S/c1-15(2)14-26(24,25)18-10-12-22(13-11-18)19(23)21-17-8-6-16(7-9-17)20(3,4)5/h6-9,15,18H,10-14H2,1-5H3,(H,21,23). The zero-order valence-electron chi connectivity index (χ0n) is 16.6. The van der Waals surface area contributed by atoms with Crippen molar-refractivity contribution in [3.63, 3.8) is 0 Å². The maximum Gasteiger partial charge on any atom is 0.321 e. The lowest BCUT2D eigenvalue weighted by Crippen LogP contribution is -2.45. The van der Waals surface area contributed by atoms with E-state index >= 15 is 0 Å². The second-order valence-corrected chi connectivity index (χ2v) is 11.0. The van der Waals surface area contributed by atoms with E-state index in [9.17, 15) is 13.2 Å². The average molecular weight is 381 g/mol. The van der Waals surface area contributed by atoms with E-state index in [0.29, 0.717) is 25.9 Å². The molecule has 1 aromatic carbocycles. The number of hydrogen-bond acceptors (Lipinski definition) is 3. The smallest absolute Gasteiger partial charge is 0.321 e. The number of carbonyl (C=O) groups is 1. The molecule has 0 saturated carbocycles. The molecule has 0 unspecified atom stereocenters. The lowest BCUT2D eigenvalue weighted by atomic mass is 9.87. The molecule has 0 aliphatic carbocycles. The van der Waals surface area contributed by atoms with E-state index in [1.165, 1.54) is 5.56 Å². The van der Waals surface area contributed by atoms with Gasteiger partial charge >= 0.3 is 6.03 Å². The molecule has 6 heteroatoms. The summed E-state index contributed by atoms with van der Waals surface area (Å²) < 4.78 is 24.7. The van der Waals surface area contributed by atoms with Gasteiger partial charge in [-0.2, -0.15) is 0 Å². The monoisotopic (exact) mass is 380 g/mol. The first-order valence-electron chi connectivity index (χ1n) is 9.37. The molecule has 1 aliphatic rings. The Labute approximate surface area is 158 Å². The topological polar surface area (TPSA) is 66.5 Å². The number of carbonyl (C=O) groups excluding carboxylic acids is 1. The van der Waals surface area contributed by atoms with Gasteiger partial charge in [-0.25, -0.2) is 13.2 Å². The Balaban J connectivity index is 1.90. The number of nitrogens with zero attached hydrogens (tertiary/aromatic N) is 1. The van der Waals surface area contributed by atoms with Crippen molar-refractivity contribution < 1.29 is 13.2 Å². The SMILES string of the molecule is CC(C)CS(=O)(=O)C1CCN(C(=O)Nc2ccc(C(C)(C)C)cc2)CC1. The van der Waals surface area contributed by atoms with Gasteiger partial charge in [-0.05, 0) is 41.9 Å². The Morgan fingerprint density at radius 3 is 2.15 bits per heavy atom. The van der Waals surface area contributed by atoms with Crippen LogP contribution in [0.5, 0.6) is 0 Å². The Kier molecular flexibility index (Phi) is 6.37. The van der Waals surface area contributed by atoms with Crippen LogP contribution in [0.15, 0.2) is 24.3 Å². The summed E-state index contributed by atoms with van der Waals surface area (Å²) >= 11 is 0. The van der Waals surface area contributed by atoms with E-state index in [1.807, 2.05) is 38.1 Å². The van der Waals surface area contributed by atoms with Gasteiger partial charge in [-0.1, -0.05) is 46.8 Å². The molecule has 2 amide bonds. The number of amides is 2. The van der Waals surface area contributed by atoms with E-state index in [1.54, 1.807) is 4.90 Å². The highest BCUT2D eigenvalue weighted by Crippen LogP contribution is 2.24. The van der Waals surface area contributed by atoms with Crippen LogP contribution < -0.4 is 5.32 Å². The predicted octanol–water partition coefficient (Wildman–Crippen LogP) is 4.05. The van der Waals surface area contributed by atoms with Gasteiger partial charge in [0.2, 0.25) is 0 Å². The van der Waals surface area contributed by atoms with Gasteiger partial charge in [0.05, 0.1) is 11.0 Å². The Hall–Kier alpha value is -1.56. The molecular formula is C20H32N2O3S. The third-order valence-electron chi connectivity index (χ3n) is 4.80. The minimum atomic E-state index is -3.07. The molecule has 1 N–H and O–H groups in total. The molecule has 5 nitrogen and oxygen atoms in total. The number of benzene rings is 1. The number of urea groups is 1. The highest BCUT2D eigenvalue weighted by Gasteiger charge is 2.31. The van der Waals surface area contributed by atoms with Crippen molar-refractivity contribution in [1.29, 1.82) is 0 Å². The largest absolute Gasteiger partial charge is 0.324 e. The lowest BCUT2D eigenvalue weighted by molar-refractivity contribution is 0.200. The highest BCUT2D eigenvalue weighted by atomic mass is 32.2. The third kappa shape index (κ3) is 5.47. The zero-order valence-corrected chi connectivity index (χ0v) is 17.4. The van der Waals surface area contributed by atoms with Gasteiger partial charge < -0.3 is 10.2 Å². The number of likely N-dealkylation sites (tertiary alicyclic amines) is 1. The van der Waals surface area contributed by atoms with Crippen molar-refractivity contribution in [2.45, 2.75) is 58.1 Å². The first-order chi connectivity index (χ1) is 12.0. The van der Waals surface area contributed by atoms with E-state index in [0.717, 1.165) is 5.69 Å². The number of hydrogen-bond donors (Lipinski definition) is 1. The average Bonchev–Trinajstić information content (AvgIpc) is 2.53. The fraction of sp³-hybridized carbons (Fsp3) is 0.650. The number of sulfone groups is 1. The van der Waals surface area contributed by atoms with Crippen molar-refractivity contribution >= 4 is 21.6 Å². The molecule has 0 spiro atoms. The molecule has 0 atom stereocenters. The van der Waals surface area contributed by atoms with E-state index in [2.05, 4.69) is 26.1 Å². The Morgan fingerprint density at radius 2 is 1.69 bits per heavy atom. The molecule has 1 heterocycles. The van der Waals surface area contributed by atoms with Crippen LogP contribution in [-0.2, 0) is 15.3 Å². The van der Waals surface area contributed by atoms with Crippen molar-refractivity contribution in [3.8, 4) is 0 Å². The number of anilines is 1. The van der Waals surface area contributed by atoms with Crippen LogP contribution in [0.25, 0.3) is 0 Å². The van der Waals surface area contributed by atoms with Crippen molar-refractivity contribution in [2.24, 2.45) is 5.92 Å². The number of rotatable bonds is 4. The summed E-state index contributed by atoms with van der Waals surface area (Å²) in [7, 11) is -3.07. The Morgan fingerprint density at radius 1 is 1.15 bits per heavy atom. The van der Waals surface area contributed by atoms with Crippen LogP contribution in [0.4, 0.5) is 10.5 Å². The quantitative estimate of drug-likeness (QED) is 0.857. The first-order valence-corrected chi connectivity index (χ1v) is 11.1. The Bertz CT molecular complexity index is 710. The minimum Gasteiger partial charge on any atom is -0.324 e. The molecular weight excluding hydrogens is 348 g/mol. The van der Waals surface area contributed by atoms with Gasteiger partial charge in [0, 0.05) is 18.8 Å². The molecule has 0 radical (unpaired) electrons. The molecule has 26 heavy (non-hydrogen) atoms. The van der Waals surface area contributed by atoms with Gasteiger partial charge in [0.25, 0.3) is 0 Å². The summed E-state index contributed by atoms with van der Waals surface area (Å²) in [5.74, 6) is 0.363. The van der Waals surface area contributed by atoms with Gasteiger partial charge in [-0.3, -0.25) is 0 Å². The zero-order chi connectivity index (χ0) is 19.5. The first kappa shape index (κ1) is 20.7. The van der Waals surface area contributed by atoms with Crippen LogP contribution in [-0.4, -0.2) is 43.4 Å². The second-order valence-electron chi connectivity index (χ2n) is 8.67. The van der Waals surface area contributed by atoms with Crippen molar-refractivity contribution in [2.75, 3.05) is 24.2 Å². The third-order valence-corrected chi connectivity index (χ3v) is 7.42. The molecule has 1 saturated heterocycles. The van der Waals surface area contributed by atoms with Gasteiger partial charge in [-0.15, -0.1) is 0 Å². The van der Waals surface area contributed by atoms with E-state index in [-0.39, 0.29) is 28.4 Å². The van der Waals surface area contributed by atoms with E-state index in [4.69, 9.17) is 0 Å². The van der Waals surface area contributed by atoms with Crippen LogP contribution in [0.1, 0.15) is 53.0 Å². The minimum absolute atomic E-state index is 0.0753. The summed E-state index contributed by atoms with van der Waals surface area (Å²) in [5.41, 5.74) is 2.05. The molecule has 0 bridgehead atoms. The van der Waals surface area contributed by atoms with Gasteiger partial charge in [0.15, 0.2) is 9.84 Å². The fourth-order valence-electron chi connectivity index (χ4n) is 3.27. The molecule has 146 valence electrons. The lowest BCUT2D eigenvalue weighted by Gasteiger charge is -2.32. The number of nitrogens with one attached hydrogen (secondary N) is 1. The molecule has 1 fully saturated rings. The summed E-state index contributed by atoms with van der Waals surface area (Å²) in [6.07, 6.45) is 1.04. The molecule has 1 aromatic rings. The van der Waals surface area contributed by atoms with Crippen LogP contribution >= 0.6 is 0 Å². The summed E-state index contributed by atoms with van der Waals surface area (Å²) in [5, 5.41) is 2.59. The molecule has 0 aromatic heterocycles. The maximum absolute atomic E-state index is 12.4. The number of piperidine rings is 1. The molecule has 1 aliphatic heterocycles. The highest BCUT2D eigenvalue weighted by molar-refractivity contribution is 7.92. The fourth-order valence-corrected chi connectivity index (χ4v) is 5.41. The maximum atomic E-state index is 12.4. The molecule has 2 rings (SSSR count).